The number of hydrogen-bond acceptors (Lipinski definition) is 2. The first-order valence-electron chi connectivity index (χ1n) is 6.82. The van der Waals surface area contributed by atoms with Gasteiger partial charge in [0.25, 0.3) is 0 Å². The first-order valence-corrected chi connectivity index (χ1v) is 6.82. The first-order chi connectivity index (χ1) is 9.48. The van der Waals surface area contributed by atoms with Crippen LogP contribution in [0, 0.1) is 5.41 Å². The largest absolute Gasteiger partial charge is 0.478 e. The zero-order valence-electron chi connectivity index (χ0n) is 11.6. The summed E-state index contributed by atoms with van der Waals surface area (Å²) in [6, 6.07) is 6.60. The van der Waals surface area contributed by atoms with E-state index in [9.17, 15) is 9.59 Å². The number of carboxylic acids is 1. The number of amides is 2. The van der Waals surface area contributed by atoms with Crippen LogP contribution in [0.5, 0.6) is 0 Å². The molecule has 108 valence electrons. The van der Waals surface area contributed by atoms with Crippen molar-refractivity contribution in [1.29, 1.82) is 0 Å². The lowest BCUT2D eigenvalue weighted by molar-refractivity contribution is 0.0696. The Labute approximate surface area is 118 Å². The van der Waals surface area contributed by atoms with Crippen molar-refractivity contribution in [2.45, 2.75) is 26.2 Å². The van der Waals surface area contributed by atoms with Gasteiger partial charge in [-0.1, -0.05) is 19.1 Å². The number of carbonyl (C=O) groups is 2. The average Bonchev–Trinajstić information content (AvgIpc) is 3.15. The summed E-state index contributed by atoms with van der Waals surface area (Å²) in [6.45, 7) is 3.36. The predicted molar refractivity (Wildman–Crippen MR) is 75.8 cm³/mol. The number of carboxylic acid groups (broad SMARTS) is 1. The van der Waals surface area contributed by atoms with Crippen molar-refractivity contribution in [3.05, 3.63) is 35.4 Å². The maximum atomic E-state index is 11.6. The second kappa shape index (κ2) is 5.94. The third-order valence-electron chi connectivity index (χ3n) is 3.65. The second-order valence-electron chi connectivity index (χ2n) is 5.68. The topological polar surface area (TPSA) is 78.4 Å². The van der Waals surface area contributed by atoms with Crippen LogP contribution in [0.2, 0.25) is 0 Å². The molecule has 0 aromatic heterocycles. The van der Waals surface area contributed by atoms with E-state index in [0.717, 1.165) is 5.56 Å². The van der Waals surface area contributed by atoms with E-state index in [0.29, 0.717) is 24.9 Å². The monoisotopic (exact) mass is 276 g/mol. The summed E-state index contributed by atoms with van der Waals surface area (Å²) in [5, 5.41) is 14.5. The van der Waals surface area contributed by atoms with E-state index >= 15 is 0 Å². The molecule has 0 bridgehead atoms. The second-order valence-corrected chi connectivity index (χ2v) is 5.68. The van der Waals surface area contributed by atoms with Gasteiger partial charge in [-0.2, -0.15) is 0 Å². The number of urea groups is 1. The third kappa shape index (κ3) is 4.26. The normalized spacial score (nSPS) is 15.4. The molecule has 0 aliphatic heterocycles. The zero-order chi connectivity index (χ0) is 14.6. The van der Waals surface area contributed by atoms with Crippen LogP contribution in [-0.2, 0) is 6.42 Å². The van der Waals surface area contributed by atoms with Crippen molar-refractivity contribution >= 4 is 12.0 Å². The van der Waals surface area contributed by atoms with E-state index in [1.54, 1.807) is 18.2 Å². The standard InChI is InChI=1S/C15H20N2O3/c1-15(6-7-15)10-17-14(20)16-8-5-11-3-2-4-12(9-11)13(18)19/h2-4,9H,5-8,10H2,1H3,(H,18,19)(H2,16,17,20). The molecule has 1 aliphatic rings. The molecule has 1 saturated carbocycles. The van der Waals surface area contributed by atoms with Gasteiger partial charge >= 0.3 is 12.0 Å². The van der Waals surface area contributed by atoms with Crippen LogP contribution in [0.4, 0.5) is 4.79 Å². The highest BCUT2D eigenvalue weighted by Gasteiger charge is 2.37. The lowest BCUT2D eigenvalue weighted by Crippen LogP contribution is -2.39. The highest BCUT2D eigenvalue weighted by molar-refractivity contribution is 5.87. The van der Waals surface area contributed by atoms with Crippen LogP contribution in [-0.4, -0.2) is 30.2 Å². The molecule has 2 amide bonds. The Kier molecular flexibility index (Phi) is 4.27. The molecular weight excluding hydrogens is 256 g/mol. The van der Waals surface area contributed by atoms with Crippen molar-refractivity contribution in [3.63, 3.8) is 0 Å². The summed E-state index contributed by atoms with van der Waals surface area (Å²) in [6.07, 6.45) is 2.97. The van der Waals surface area contributed by atoms with Gasteiger partial charge in [0.1, 0.15) is 0 Å². The number of nitrogens with one attached hydrogen (secondary N) is 2. The molecule has 1 fully saturated rings. The van der Waals surface area contributed by atoms with Crippen molar-refractivity contribution in [2.24, 2.45) is 5.41 Å². The fraction of sp³-hybridized carbons (Fsp3) is 0.467. The molecule has 0 radical (unpaired) electrons. The molecule has 0 atom stereocenters. The molecule has 0 spiro atoms. The van der Waals surface area contributed by atoms with Crippen LogP contribution in [0.15, 0.2) is 24.3 Å². The molecule has 1 aromatic carbocycles. The molecule has 20 heavy (non-hydrogen) atoms. The highest BCUT2D eigenvalue weighted by Crippen LogP contribution is 2.43. The summed E-state index contributed by atoms with van der Waals surface area (Å²) in [5.74, 6) is -0.935. The molecule has 5 heteroatoms. The minimum Gasteiger partial charge on any atom is -0.478 e. The number of rotatable bonds is 6. The van der Waals surface area contributed by atoms with E-state index in [-0.39, 0.29) is 11.6 Å². The Morgan fingerprint density at radius 1 is 1.30 bits per heavy atom. The Morgan fingerprint density at radius 2 is 2.05 bits per heavy atom. The number of aromatic carboxylic acids is 1. The smallest absolute Gasteiger partial charge is 0.335 e. The summed E-state index contributed by atoms with van der Waals surface area (Å²) in [5.41, 5.74) is 1.47. The van der Waals surface area contributed by atoms with Gasteiger partial charge in [-0.05, 0) is 42.4 Å². The number of benzene rings is 1. The van der Waals surface area contributed by atoms with E-state index < -0.39 is 5.97 Å². The van der Waals surface area contributed by atoms with Gasteiger partial charge < -0.3 is 15.7 Å². The number of hydrogen-bond donors (Lipinski definition) is 3. The SMILES string of the molecule is CC1(CNC(=O)NCCc2cccc(C(=O)O)c2)CC1. The van der Waals surface area contributed by atoms with Gasteiger partial charge in [-0.3, -0.25) is 0 Å². The zero-order valence-corrected chi connectivity index (χ0v) is 11.6. The molecule has 3 N–H and O–H groups in total. The molecule has 5 nitrogen and oxygen atoms in total. The van der Waals surface area contributed by atoms with Crippen LogP contribution < -0.4 is 10.6 Å². The van der Waals surface area contributed by atoms with E-state index in [1.165, 1.54) is 12.8 Å². The Morgan fingerprint density at radius 3 is 2.70 bits per heavy atom. The molecule has 0 heterocycles. The maximum Gasteiger partial charge on any atom is 0.335 e. The lowest BCUT2D eigenvalue weighted by Gasteiger charge is -2.11. The van der Waals surface area contributed by atoms with Crippen molar-refractivity contribution in [1.82, 2.24) is 10.6 Å². The van der Waals surface area contributed by atoms with E-state index in [2.05, 4.69) is 17.6 Å². The van der Waals surface area contributed by atoms with Crippen LogP contribution >= 0.6 is 0 Å². The summed E-state index contributed by atoms with van der Waals surface area (Å²) < 4.78 is 0. The van der Waals surface area contributed by atoms with Gasteiger partial charge in [0, 0.05) is 13.1 Å². The van der Waals surface area contributed by atoms with Gasteiger partial charge in [0.15, 0.2) is 0 Å². The van der Waals surface area contributed by atoms with Gasteiger partial charge in [0.05, 0.1) is 5.56 Å². The maximum absolute atomic E-state index is 11.6. The molecule has 1 aliphatic carbocycles. The quantitative estimate of drug-likeness (QED) is 0.744. The van der Waals surface area contributed by atoms with Crippen molar-refractivity contribution in [2.75, 3.05) is 13.1 Å². The fourth-order valence-corrected chi connectivity index (χ4v) is 1.93. The summed E-state index contributed by atoms with van der Waals surface area (Å²) in [4.78, 5) is 22.4. The van der Waals surface area contributed by atoms with Gasteiger partial charge in [-0.25, -0.2) is 9.59 Å². The predicted octanol–water partition coefficient (Wildman–Crippen LogP) is 2.03. The minimum absolute atomic E-state index is 0.160. The average molecular weight is 276 g/mol. The minimum atomic E-state index is -0.935. The Balaban J connectivity index is 1.71. The van der Waals surface area contributed by atoms with Crippen LogP contribution in [0.3, 0.4) is 0 Å². The summed E-state index contributed by atoms with van der Waals surface area (Å²) >= 11 is 0. The van der Waals surface area contributed by atoms with Gasteiger partial charge in [-0.15, -0.1) is 0 Å². The molecule has 0 saturated heterocycles. The molecular formula is C15H20N2O3. The third-order valence-corrected chi connectivity index (χ3v) is 3.65. The van der Waals surface area contributed by atoms with Crippen molar-refractivity contribution < 1.29 is 14.7 Å². The van der Waals surface area contributed by atoms with Gasteiger partial charge in [0.2, 0.25) is 0 Å². The Bertz CT molecular complexity index is 510. The highest BCUT2D eigenvalue weighted by atomic mass is 16.4. The summed E-state index contributed by atoms with van der Waals surface area (Å²) in [7, 11) is 0. The van der Waals surface area contributed by atoms with Crippen LogP contribution in [0.25, 0.3) is 0 Å². The fourth-order valence-electron chi connectivity index (χ4n) is 1.93. The Hall–Kier alpha value is -2.04. The molecule has 2 rings (SSSR count). The lowest BCUT2D eigenvalue weighted by atomic mass is 10.1. The molecule has 0 unspecified atom stereocenters. The van der Waals surface area contributed by atoms with Crippen molar-refractivity contribution in [3.8, 4) is 0 Å². The van der Waals surface area contributed by atoms with Crippen LogP contribution in [0.1, 0.15) is 35.7 Å². The van der Waals surface area contributed by atoms with E-state index in [1.807, 2.05) is 6.07 Å². The number of carbonyl (C=O) groups excluding carboxylic acids is 1. The first kappa shape index (κ1) is 14.4. The van der Waals surface area contributed by atoms with E-state index in [4.69, 9.17) is 5.11 Å². The molecule has 1 aromatic rings.